The van der Waals surface area contributed by atoms with E-state index in [0.717, 1.165) is 11.3 Å². The quantitative estimate of drug-likeness (QED) is 0.383. The molecule has 0 fully saturated rings. The minimum atomic E-state index is 0.769. The number of hydrogen-bond donors (Lipinski definition) is 0. The van der Waals surface area contributed by atoms with Crippen LogP contribution in [-0.2, 0) is 4.81 Å². The molecule has 0 aromatic heterocycles. The van der Waals surface area contributed by atoms with E-state index in [1.54, 1.807) is 0 Å². The second kappa shape index (κ2) is 2.18. The summed E-state index contributed by atoms with van der Waals surface area (Å²) in [6, 6.07) is 7.69. The van der Waals surface area contributed by atoms with Gasteiger partial charge in [0.15, 0.2) is 0 Å². The molecule has 0 spiro atoms. The third kappa shape index (κ3) is 0.797. The summed E-state index contributed by atoms with van der Waals surface area (Å²) in [4.78, 5) is 9.45. The Morgan fingerprint density at radius 2 is 2.10 bits per heavy atom. The van der Waals surface area contributed by atoms with Crippen LogP contribution in [0.4, 0.5) is 0 Å². The van der Waals surface area contributed by atoms with Crippen LogP contribution in [0, 0.1) is 0 Å². The first-order valence-corrected chi connectivity index (χ1v) is 3.06. The van der Waals surface area contributed by atoms with E-state index < -0.39 is 0 Å². The van der Waals surface area contributed by atoms with Crippen molar-refractivity contribution in [2.75, 3.05) is 0 Å². The van der Waals surface area contributed by atoms with Gasteiger partial charge < -0.3 is 0 Å². The van der Waals surface area contributed by atoms with Crippen molar-refractivity contribution in [2.24, 2.45) is 0 Å². The second-order valence-corrected chi connectivity index (χ2v) is 2.02. The van der Waals surface area contributed by atoms with Crippen LogP contribution < -0.4 is 4.89 Å². The Balaban J connectivity index is 2.54. The maximum absolute atomic E-state index is 4.84. The first-order valence-electron chi connectivity index (χ1n) is 3.06. The molecule has 2 rings (SSSR count). The van der Waals surface area contributed by atoms with E-state index in [4.69, 9.17) is 4.89 Å². The number of benzene rings is 1. The molecule has 1 aliphatic heterocycles. The van der Waals surface area contributed by atoms with E-state index in [1.807, 2.05) is 30.2 Å². The normalized spacial score (nSPS) is 12.4. The van der Waals surface area contributed by atoms with Gasteiger partial charge in [-0.05, 0) is 0 Å². The molecule has 1 aromatic rings. The summed E-state index contributed by atoms with van der Waals surface area (Å²) in [5, 5.41) is 0. The molecule has 1 aromatic carbocycles. The van der Waals surface area contributed by atoms with Crippen molar-refractivity contribution in [3.8, 4) is 5.75 Å². The molecule has 2 nitrogen and oxygen atoms in total. The zero-order valence-electron chi connectivity index (χ0n) is 5.28. The van der Waals surface area contributed by atoms with Crippen molar-refractivity contribution in [2.45, 2.75) is 0 Å². The fourth-order valence-corrected chi connectivity index (χ4v) is 0.875. The van der Waals surface area contributed by atoms with Gasteiger partial charge in [-0.3, -0.25) is 0 Å². The molecule has 0 saturated heterocycles. The molecule has 0 amide bonds. The molecule has 10 heavy (non-hydrogen) atoms. The molecule has 3 heteroatoms. The molecular formula is C7H5BO2. The van der Waals surface area contributed by atoms with Gasteiger partial charge in [-0.25, -0.2) is 0 Å². The van der Waals surface area contributed by atoms with Crippen molar-refractivity contribution in [1.29, 1.82) is 0 Å². The Morgan fingerprint density at radius 1 is 1.20 bits per heavy atom. The van der Waals surface area contributed by atoms with Crippen LogP contribution in [0.15, 0.2) is 24.3 Å². The van der Waals surface area contributed by atoms with E-state index in [2.05, 4.69) is 4.81 Å². The molecule has 1 heterocycles. The first kappa shape index (κ1) is 5.53. The Kier molecular flexibility index (Phi) is 1.20. The van der Waals surface area contributed by atoms with E-state index in [-0.39, 0.29) is 0 Å². The van der Waals surface area contributed by atoms with Gasteiger partial charge in [-0.2, -0.15) is 0 Å². The predicted molar refractivity (Wildman–Crippen MR) is 39.1 cm³/mol. The maximum atomic E-state index is 4.84. The summed E-state index contributed by atoms with van der Waals surface area (Å²) in [5.41, 5.74) is 1.05. The molecule has 0 N–H and O–H groups in total. The van der Waals surface area contributed by atoms with Gasteiger partial charge in [0.2, 0.25) is 0 Å². The van der Waals surface area contributed by atoms with E-state index in [0.29, 0.717) is 0 Å². The zero-order valence-corrected chi connectivity index (χ0v) is 5.28. The van der Waals surface area contributed by atoms with Gasteiger partial charge >= 0.3 is 58.4 Å². The van der Waals surface area contributed by atoms with Crippen molar-refractivity contribution < 1.29 is 9.69 Å². The van der Waals surface area contributed by atoms with Gasteiger partial charge in [0.25, 0.3) is 0 Å². The van der Waals surface area contributed by atoms with Crippen molar-refractivity contribution >= 4 is 13.1 Å². The average Bonchev–Trinajstić information content (AvgIpc) is 2.05. The van der Waals surface area contributed by atoms with Crippen molar-refractivity contribution in [3.05, 3.63) is 29.8 Å². The molecule has 0 atom stereocenters. The summed E-state index contributed by atoms with van der Waals surface area (Å²) in [5.74, 6) is 2.63. The third-order valence-corrected chi connectivity index (χ3v) is 1.36. The second-order valence-electron chi connectivity index (χ2n) is 2.02. The van der Waals surface area contributed by atoms with Gasteiger partial charge in [0.1, 0.15) is 0 Å². The summed E-state index contributed by atoms with van der Waals surface area (Å²) in [7, 11) is 1.52. The van der Waals surface area contributed by atoms with Crippen LogP contribution in [0.1, 0.15) is 5.56 Å². The average molecular weight is 132 g/mol. The molecule has 0 aliphatic carbocycles. The third-order valence-electron chi connectivity index (χ3n) is 1.36. The molecule has 0 saturated carbocycles. The van der Waals surface area contributed by atoms with E-state index in [9.17, 15) is 0 Å². The topological polar surface area (TPSA) is 18.5 Å². The predicted octanol–water partition coefficient (Wildman–Crippen LogP) is 0.780. The Labute approximate surface area is 59.3 Å². The molecule has 1 aliphatic rings. The first-order chi connectivity index (χ1) is 4.97. The molecule has 48 valence electrons. The minimum absolute atomic E-state index is 0.769. The fraction of sp³-hybridized carbons (Fsp3) is 0. The van der Waals surface area contributed by atoms with Crippen LogP contribution in [0.25, 0.3) is 0 Å². The summed E-state index contributed by atoms with van der Waals surface area (Å²) in [6.07, 6.45) is 0. The van der Waals surface area contributed by atoms with Crippen LogP contribution in [0.5, 0.6) is 5.75 Å². The fourth-order valence-electron chi connectivity index (χ4n) is 0.875. The molecule has 0 radical (unpaired) electrons. The summed E-state index contributed by atoms with van der Waals surface area (Å²) >= 11 is 0. The number of fused-ring (bicyclic) bond motifs is 1. The number of hydrogen-bond acceptors (Lipinski definition) is 2. The summed E-state index contributed by atoms with van der Waals surface area (Å²) in [6.45, 7) is 0. The number of para-hydroxylation sites is 1. The van der Waals surface area contributed by atoms with Crippen LogP contribution in [-0.4, -0.2) is 13.1 Å². The van der Waals surface area contributed by atoms with Crippen molar-refractivity contribution in [3.63, 3.8) is 0 Å². The van der Waals surface area contributed by atoms with Crippen molar-refractivity contribution in [1.82, 2.24) is 0 Å². The Morgan fingerprint density at radius 3 is 3.00 bits per heavy atom. The van der Waals surface area contributed by atoms with Crippen LogP contribution in [0.2, 0.25) is 0 Å². The number of rotatable bonds is 0. The van der Waals surface area contributed by atoms with Gasteiger partial charge in [-0.15, -0.1) is 0 Å². The molecular weight excluding hydrogens is 127 g/mol. The van der Waals surface area contributed by atoms with Gasteiger partial charge in [0.05, 0.1) is 0 Å². The Bertz CT molecular complexity index is 270. The SMILES string of the molecule is B1=Cc2ccccc2OO1. The standard InChI is InChI=1S/C7H5BO2/c1-2-4-7-6(3-1)5-8-10-9-7/h1-5H. The summed E-state index contributed by atoms with van der Waals surface area (Å²) < 4.78 is 0. The van der Waals surface area contributed by atoms with Crippen LogP contribution in [0.3, 0.4) is 0 Å². The zero-order chi connectivity index (χ0) is 6.81. The Hall–Kier alpha value is -1.25. The van der Waals surface area contributed by atoms with Gasteiger partial charge in [0, 0.05) is 0 Å². The molecule has 0 unspecified atom stereocenters. The monoisotopic (exact) mass is 132 g/mol. The van der Waals surface area contributed by atoms with Gasteiger partial charge in [-0.1, -0.05) is 0 Å². The van der Waals surface area contributed by atoms with E-state index >= 15 is 0 Å². The molecule has 0 bridgehead atoms. The van der Waals surface area contributed by atoms with E-state index in [1.165, 1.54) is 7.12 Å². The van der Waals surface area contributed by atoms with Crippen LogP contribution >= 0.6 is 0 Å².